The zero-order valence-electron chi connectivity index (χ0n) is 13.4. The predicted molar refractivity (Wildman–Crippen MR) is 87.0 cm³/mol. The molecule has 0 aliphatic heterocycles. The van der Waals surface area contributed by atoms with E-state index in [9.17, 15) is 9.90 Å². The van der Waals surface area contributed by atoms with Crippen molar-refractivity contribution in [2.75, 3.05) is 13.7 Å². The van der Waals surface area contributed by atoms with Gasteiger partial charge in [-0.2, -0.15) is 0 Å². The molecule has 1 aromatic carbocycles. The van der Waals surface area contributed by atoms with E-state index in [4.69, 9.17) is 4.74 Å². The first-order valence-electron chi connectivity index (χ1n) is 8.23. The van der Waals surface area contributed by atoms with Crippen LogP contribution in [0.2, 0.25) is 0 Å². The van der Waals surface area contributed by atoms with Crippen molar-refractivity contribution in [2.24, 2.45) is 0 Å². The molecule has 2 rings (SSSR count). The molecule has 0 spiro atoms. The van der Waals surface area contributed by atoms with Crippen LogP contribution < -0.4 is 10.1 Å². The van der Waals surface area contributed by atoms with Crippen LogP contribution >= 0.6 is 0 Å². The average molecular weight is 305 g/mol. The minimum absolute atomic E-state index is 0.0510. The van der Waals surface area contributed by atoms with Crippen LogP contribution in [0.25, 0.3) is 0 Å². The summed E-state index contributed by atoms with van der Waals surface area (Å²) >= 11 is 0. The average Bonchev–Trinajstić information content (AvgIpc) is 2.97. The van der Waals surface area contributed by atoms with Crippen LogP contribution in [0.1, 0.15) is 50.5 Å². The highest BCUT2D eigenvalue weighted by Crippen LogP contribution is 2.28. The molecule has 22 heavy (non-hydrogen) atoms. The number of nitrogens with one attached hydrogen (secondary N) is 1. The van der Waals surface area contributed by atoms with Crippen LogP contribution in [0.4, 0.5) is 0 Å². The Balaban J connectivity index is 1.58. The molecule has 0 atom stereocenters. The Morgan fingerprint density at radius 2 is 1.91 bits per heavy atom. The molecule has 1 aromatic rings. The van der Waals surface area contributed by atoms with Crippen LogP contribution in [0.5, 0.6) is 5.75 Å². The Bertz CT molecular complexity index is 464. The number of ether oxygens (including phenoxy) is 1. The predicted octanol–water partition coefficient (Wildman–Crippen LogP) is 2.83. The molecule has 2 N–H and O–H groups in total. The molecule has 4 nitrogen and oxygen atoms in total. The number of rotatable bonds is 8. The molecule has 1 aliphatic rings. The fourth-order valence-corrected chi connectivity index (χ4v) is 2.97. The van der Waals surface area contributed by atoms with Gasteiger partial charge in [0.25, 0.3) is 0 Å². The van der Waals surface area contributed by atoms with E-state index in [-0.39, 0.29) is 5.91 Å². The van der Waals surface area contributed by atoms with Crippen molar-refractivity contribution >= 4 is 5.91 Å². The summed E-state index contributed by atoms with van der Waals surface area (Å²) in [5.74, 6) is 0.919. The monoisotopic (exact) mass is 305 g/mol. The smallest absolute Gasteiger partial charge is 0.220 e. The third-order valence-electron chi connectivity index (χ3n) is 4.43. The van der Waals surface area contributed by atoms with Gasteiger partial charge in [-0.25, -0.2) is 0 Å². The number of benzene rings is 1. The van der Waals surface area contributed by atoms with E-state index in [2.05, 4.69) is 17.4 Å². The molecule has 0 aromatic heterocycles. The van der Waals surface area contributed by atoms with Crippen molar-refractivity contribution in [2.45, 2.75) is 57.0 Å². The van der Waals surface area contributed by atoms with Crippen LogP contribution in [0, 0.1) is 0 Å². The molecular weight excluding hydrogens is 278 g/mol. The molecule has 0 radical (unpaired) electrons. The molecule has 0 saturated heterocycles. The molecule has 1 aliphatic carbocycles. The fraction of sp³-hybridized carbons (Fsp3) is 0.611. The maximum Gasteiger partial charge on any atom is 0.220 e. The molecule has 0 unspecified atom stereocenters. The molecular formula is C18H27NO3. The molecule has 1 fully saturated rings. The maximum atomic E-state index is 11.8. The minimum atomic E-state index is -0.654. The summed E-state index contributed by atoms with van der Waals surface area (Å²) in [4.78, 5) is 11.8. The topological polar surface area (TPSA) is 58.6 Å². The van der Waals surface area contributed by atoms with E-state index >= 15 is 0 Å². The Hall–Kier alpha value is -1.55. The van der Waals surface area contributed by atoms with E-state index in [1.807, 2.05) is 12.1 Å². The first-order chi connectivity index (χ1) is 10.6. The van der Waals surface area contributed by atoms with Crippen LogP contribution in [0.15, 0.2) is 24.3 Å². The fourth-order valence-electron chi connectivity index (χ4n) is 2.97. The minimum Gasteiger partial charge on any atom is -0.497 e. The Labute approximate surface area is 132 Å². The molecule has 1 saturated carbocycles. The van der Waals surface area contributed by atoms with E-state index in [1.54, 1.807) is 7.11 Å². The highest BCUT2D eigenvalue weighted by atomic mass is 16.5. The number of aryl methyl sites for hydroxylation is 1. The summed E-state index contributed by atoms with van der Waals surface area (Å²) in [6.45, 7) is 0.407. The summed E-state index contributed by atoms with van der Waals surface area (Å²) in [5, 5.41) is 13.1. The summed E-state index contributed by atoms with van der Waals surface area (Å²) in [5.41, 5.74) is 0.611. The Kier molecular flexibility index (Phi) is 6.25. The first kappa shape index (κ1) is 16.8. The molecule has 4 heteroatoms. The highest BCUT2D eigenvalue weighted by molar-refractivity contribution is 5.75. The summed E-state index contributed by atoms with van der Waals surface area (Å²) < 4.78 is 5.13. The van der Waals surface area contributed by atoms with Gasteiger partial charge in [0.2, 0.25) is 5.91 Å². The van der Waals surface area contributed by atoms with Crippen molar-refractivity contribution in [3.8, 4) is 5.75 Å². The van der Waals surface area contributed by atoms with Gasteiger partial charge in [-0.1, -0.05) is 25.0 Å². The molecule has 122 valence electrons. The SMILES string of the molecule is COc1ccc(CCCCC(=O)NCC2(O)CCCC2)cc1. The second-order valence-electron chi connectivity index (χ2n) is 6.26. The lowest BCUT2D eigenvalue weighted by Gasteiger charge is -2.22. The third-order valence-corrected chi connectivity index (χ3v) is 4.43. The number of amides is 1. The van der Waals surface area contributed by atoms with Gasteiger partial charge >= 0.3 is 0 Å². The molecule has 1 amide bonds. The largest absolute Gasteiger partial charge is 0.497 e. The van der Waals surface area contributed by atoms with Crippen molar-refractivity contribution in [1.29, 1.82) is 0 Å². The van der Waals surface area contributed by atoms with Crippen molar-refractivity contribution < 1.29 is 14.6 Å². The van der Waals surface area contributed by atoms with E-state index in [0.29, 0.717) is 13.0 Å². The number of aliphatic hydroxyl groups is 1. The number of unbranched alkanes of at least 4 members (excludes halogenated alkanes) is 1. The standard InChI is InChI=1S/C18H27NO3/c1-22-16-10-8-15(9-11-16)6-2-3-7-17(20)19-14-18(21)12-4-5-13-18/h8-11,21H,2-7,12-14H2,1H3,(H,19,20). The normalized spacial score (nSPS) is 16.5. The molecule has 0 bridgehead atoms. The van der Waals surface area contributed by atoms with E-state index in [1.165, 1.54) is 5.56 Å². The van der Waals surface area contributed by atoms with Gasteiger partial charge in [0.1, 0.15) is 5.75 Å². The van der Waals surface area contributed by atoms with Gasteiger partial charge in [-0.3, -0.25) is 4.79 Å². The lowest BCUT2D eigenvalue weighted by molar-refractivity contribution is -0.122. The van der Waals surface area contributed by atoms with Crippen molar-refractivity contribution in [3.63, 3.8) is 0 Å². The summed E-state index contributed by atoms with van der Waals surface area (Å²) in [6.07, 6.45) is 7.12. The number of hydrogen-bond donors (Lipinski definition) is 2. The highest BCUT2D eigenvalue weighted by Gasteiger charge is 2.31. The number of carbonyl (C=O) groups excluding carboxylic acids is 1. The van der Waals surface area contributed by atoms with Gasteiger partial charge in [-0.15, -0.1) is 0 Å². The summed E-state index contributed by atoms with van der Waals surface area (Å²) in [6, 6.07) is 8.05. The quantitative estimate of drug-likeness (QED) is 0.726. The van der Waals surface area contributed by atoms with Gasteiger partial charge in [0, 0.05) is 13.0 Å². The second-order valence-corrected chi connectivity index (χ2v) is 6.26. The zero-order chi connectivity index (χ0) is 15.8. The lowest BCUT2D eigenvalue weighted by Crippen LogP contribution is -2.40. The first-order valence-corrected chi connectivity index (χ1v) is 8.23. The number of carbonyl (C=O) groups is 1. The van der Waals surface area contributed by atoms with Gasteiger partial charge in [0.15, 0.2) is 0 Å². The lowest BCUT2D eigenvalue weighted by atomic mass is 10.0. The zero-order valence-corrected chi connectivity index (χ0v) is 13.4. The van der Waals surface area contributed by atoms with Gasteiger partial charge in [0.05, 0.1) is 12.7 Å². The third kappa shape index (κ3) is 5.34. The maximum absolute atomic E-state index is 11.8. The van der Waals surface area contributed by atoms with Crippen LogP contribution in [-0.2, 0) is 11.2 Å². The Morgan fingerprint density at radius 1 is 1.23 bits per heavy atom. The van der Waals surface area contributed by atoms with Gasteiger partial charge in [-0.05, 0) is 49.8 Å². The molecule has 0 heterocycles. The van der Waals surface area contributed by atoms with Crippen molar-refractivity contribution in [1.82, 2.24) is 5.32 Å². The van der Waals surface area contributed by atoms with E-state index < -0.39 is 5.60 Å². The van der Waals surface area contributed by atoms with Crippen LogP contribution in [-0.4, -0.2) is 30.3 Å². The number of methoxy groups -OCH3 is 1. The van der Waals surface area contributed by atoms with Gasteiger partial charge < -0.3 is 15.2 Å². The van der Waals surface area contributed by atoms with Crippen molar-refractivity contribution in [3.05, 3.63) is 29.8 Å². The Morgan fingerprint density at radius 3 is 2.55 bits per heavy atom. The summed E-state index contributed by atoms with van der Waals surface area (Å²) in [7, 11) is 1.66. The van der Waals surface area contributed by atoms with E-state index in [0.717, 1.165) is 50.7 Å². The van der Waals surface area contributed by atoms with Crippen LogP contribution in [0.3, 0.4) is 0 Å². The second kappa shape index (κ2) is 8.18. The number of hydrogen-bond acceptors (Lipinski definition) is 3.